The van der Waals surface area contributed by atoms with Gasteiger partial charge < -0.3 is 20.1 Å². The molecule has 0 spiro atoms. The van der Waals surface area contributed by atoms with Crippen molar-refractivity contribution in [1.82, 2.24) is 10.6 Å². The molecule has 2 rings (SSSR count). The highest BCUT2D eigenvalue weighted by atomic mass is 32.2. The maximum absolute atomic E-state index is 11.9. The lowest BCUT2D eigenvalue weighted by atomic mass is 10.2. The average molecular weight is 463 g/mol. The van der Waals surface area contributed by atoms with E-state index in [0.717, 1.165) is 61.2 Å². The summed E-state index contributed by atoms with van der Waals surface area (Å²) < 4.78 is 10.3. The Bertz CT molecular complexity index is 739. The molecule has 7 heteroatoms. The maximum Gasteiger partial charge on any atom is 0.230 e. The standard InChI is InChI=1S/C24H34N2O3S2/c1-28-22-9-5-20(6-10-22)17-30-16-15-25-13-3-4-14-26-24(27)19-31-18-21-7-11-23(29-2)12-8-21/h5-12,25H,3-4,13-19H2,1-2H3,(H,26,27). The monoisotopic (exact) mass is 462 g/mol. The molecule has 170 valence electrons. The number of carbonyl (C=O) groups is 1. The van der Waals surface area contributed by atoms with E-state index >= 15 is 0 Å². The van der Waals surface area contributed by atoms with E-state index in [1.54, 1.807) is 26.0 Å². The normalized spacial score (nSPS) is 10.6. The second kappa shape index (κ2) is 15.9. The van der Waals surface area contributed by atoms with Gasteiger partial charge in [0.15, 0.2) is 0 Å². The Morgan fingerprint density at radius 1 is 0.774 bits per heavy atom. The average Bonchev–Trinajstić information content (AvgIpc) is 2.81. The highest BCUT2D eigenvalue weighted by molar-refractivity contribution is 7.99. The molecule has 1 amide bonds. The Kier molecular flexibility index (Phi) is 13.0. The van der Waals surface area contributed by atoms with Gasteiger partial charge in [0, 0.05) is 30.3 Å². The molecule has 2 aromatic carbocycles. The Morgan fingerprint density at radius 3 is 1.90 bits per heavy atom. The Balaban J connectivity index is 1.37. The van der Waals surface area contributed by atoms with Crippen molar-refractivity contribution in [3.63, 3.8) is 0 Å². The van der Waals surface area contributed by atoms with Crippen molar-refractivity contribution in [2.45, 2.75) is 24.3 Å². The third kappa shape index (κ3) is 11.4. The number of carbonyl (C=O) groups excluding carboxylic acids is 1. The number of benzene rings is 2. The molecule has 0 heterocycles. The number of nitrogens with one attached hydrogen (secondary N) is 2. The van der Waals surface area contributed by atoms with Gasteiger partial charge in [-0.2, -0.15) is 11.8 Å². The van der Waals surface area contributed by atoms with Gasteiger partial charge in [-0.15, -0.1) is 11.8 Å². The van der Waals surface area contributed by atoms with Crippen LogP contribution >= 0.6 is 23.5 Å². The summed E-state index contributed by atoms with van der Waals surface area (Å²) in [6, 6.07) is 16.2. The zero-order valence-corrected chi connectivity index (χ0v) is 20.2. The van der Waals surface area contributed by atoms with E-state index in [9.17, 15) is 4.79 Å². The van der Waals surface area contributed by atoms with Crippen molar-refractivity contribution in [3.05, 3.63) is 59.7 Å². The van der Waals surface area contributed by atoms with E-state index in [-0.39, 0.29) is 5.91 Å². The van der Waals surface area contributed by atoms with Crippen molar-refractivity contribution in [2.24, 2.45) is 0 Å². The quantitative estimate of drug-likeness (QED) is 0.362. The van der Waals surface area contributed by atoms with Crippen LogP contribution in [0.4, 0.5) is 0 Å². The minimum atomic E-state index is 0.112. The number of hydrogen-bond donors (Lipinski definition) is 2. The predicted molar refractivity (Wildman–Crippen MR) is 133 cm³/mol. The SMILES string of the molecule is COc1ccc(CSCCNCCCCNC(=O)CSCc2ccc(OC)cc2)cc1. The molecule has 0 aliphatic heterocycles. The van der Waals surface area contributed by atoms with Crippen LogP contribution in [0.3, 0.4) is 0 Å². The van der Waals surface area contributed by atoms with Gasteiger partial charge in [-0.3, -0.25) is 4.79 Å². The largest absolute Gasteiger partial charge is 0.497 e. The fourth-order valence-corrected chi connectivity index (χ4v) is 4.50. The lowest BCUT2D eigenvalue weighted by Gasteiger charge is -2.07. The number of rotatable bonds is 16. The van der Waals surface area contributed by atoms with Crippen molar-refractivity contribution in [1.29, 1.82) is 0 Å². The molecule has 0 radical (unpaired) electrons. The summed E-state index contributed by atoms with van der Waals surface area (Å²) in [4.78, 5) is 11.9. The zero-order chi connectivity index (χ0) is 22.2. The van der Waals surface area contributed by atoms with Crippen molar-refractivity contribution < 1.29 is 14.3 Å². The van der Waals surface area contributed by atoms with Crippen molar-refractivity contribution in [3.8, 4) is 11.5 Å². The van der Waals surface area contributed by atoms with E-state index in [1.807, 2.05) is 48.2 Å². The lowest BCUT2D eigenvalue weighted by Crippen LogP contribution is -2.27. The Labute approximate surface area is 195 Å². The fourth-order valence-electron chi connectivity index (χ4n) is 2.82. The van der Waals surface area contributed by atoms with Gasteiger partial charge in [-0.05, 0) is 54.8 Å². The number of thioether (sulfide) groups is 2. The summed E-state index contributed by atoms with van der Waals surface area (Å²) in [5.41, 5.74) is 2.52. The highest BCUT2D eigenvalue weighted by Gasteiger charge is 2.02. The van der Waals surface area contributed by atoms with Crippen LogP contribution in [0, 0.1) is 0 Å². The van der Waals surface area contributed by atoms with E-state index < -0.39 is 0 Å². The number of hydrogen-bond acceptors (Lipinski definition) is 6. The first-order valence-corrected chi connectivity index (χ1v) is 12.9. The number of methoxy groups -OCH3 is 2. The van der Waals surface area contributed by atoms with Crippen LogP contribution < -0.4 is 20.1 Å². The molecule has 0 saturated heterocycles. The van der Waals surface area contributed by atoms with Crippen LogP contribution in [-0.2, 0) is 16.3 Å². The van der Waals surface area contributed by atoms with E-state index in [4.69, 9.17) is 9.47 Å². The molecule has 0 bridgehead atoms. The van der Waals surface area contributed by atoms with Gasteiger partial charge in [0.05, 0.1) is 20.0 Å². The molecule has 5 nitrogen and oxygen atoms in total. The minimum absolute atomic E-state index is 0.112. The van der Waals surface area contributed by atoms with E-state index in [0.29, 0.717) is 5.75 Å². The van der Waals surface area contributed by atoms with Crippen LogP contribution in [0.25, 0.3) is 0 Å². The van der Waals surface area contributed by atoms with Crippen LogP contribution in [0.15, 0.2) is 48.5 Å². The molecule has 0 unspecified atom stereocenters. The van der Waals surface area contributed by atoms with Gasteiger partial charge in [0.25, 0.3) is 0 Å². The first-order valence-electron chi connectivity index (χ1n) is 10.6. The second-order valence-corrected chi connectivity index (χ2v) is 9.14. The first kappa shape index (κ1) is 25.4. The highest BCUT2D eigenvalue weighted by Crippen LogP contribution is 2.17. The summed E-state index contributed by atoms with van der Waals surface area (Å²) in [7, 11) is 3.35. The smallest absolute Gasteiger partial charge is 0.230 e. The van der Waals surface area contributed by atoms with Gasteiger partial charge in [-0.1, -0.05) is 24.3 Å². The van der Waals surface area contributed by atoms with Gasteiger partial charge in [0.2, 0.25) is 5.91 Å². The molecule has 0 fully saturated rings. The lowest BCUT2D eigenvalue weighted by molar-refractivity contribution is -0.118. The molecule has 2 aromatic rings. The number of ether oxygens (including phenoxy) is 2. The Hall–Kier alpha value is -1.83. The van der Waals surface area contributed by atoms with Gasteiger partial charge in [-0.25, -0.2) is 0 Å². The molecular weight excluding hydrogens is 428 g/mol. The molecule has 0 aliphatic carbocycles. The van der Waals surface area contributed by atoms with Crippen LogP contribution in [-0.4, -0.2) is 51.3 Å². The summed E-state index contributed by atoms with van der Waals surface area (Å²) >= 11 is 3.56. The molecule has 0 atom stereocenters. The summed E-state index contributed by atoms with van der Waals surface area (Å²) in [6.07, 6.45) is 2.07. The molecule has 0 saturated carbocycles. The number of unbranched alkanes of at least 4 members (excludes halogenated alkanes) is 1. The van der Waals surface area contributed by atoms with Gasteiger partial charge >= 0.3 is 0 Å². The molecule has 31 heavy (non-hydrogen) atoms. The third-order valence-electron chi connectivity index (χ3n) is 4.61. The summed E-state index contributed by atoms with van der Waals surface area (Å²) in [6.45, 7) is 2.75. The molecule has 0 aliphatic rings. The fraction of sp³-hybridized carbons (Fsp3) is 0.458. The number of amides is 1. The van der Waals surface area contributed by atoms with Crippen molar-refractivity contribution in [2.75, 3.05) is 45.4 Å². The minimum Gasteiger partial charge on any atom is -0.497 e. The van der Waals surface area contributed by atoms with Crippen LogP contribution in [0.2, 0.25) is 0 Å². The molecule has 0 aromatic heterocycles. The molecule has 2 N–H and O–H groups in total. The molecular formula is C24H34N2O3S2. The van der Waals surface area contributed by atoms with Gasteiger partial charge in [0.1, 0.15) is 11.5 Å². The topological polar surface area (TPSA) is 59.6 Å². The zero-order valence-electron chi connectivity index (χ0n) is 18.5. The van der Waals surface area contributed by atoms with E-state index in [1.165, 1.54) is 11.1 Å². The Morgan fingerprint density at radius 2 is 1.32 bits per heavy atom. The predicted octanol–water partition coefficient (Wildman–Crippen LogP) is 4.36. The van der Waals surface area contributed by atoms with Crippen molar-refractivity contribution >= 4 is 29.4 Å². The third-order valence-corrected chi connectivity index (χ3v) is 6.65. The van der Waals surface area contributed by atoms with E-state index in [2.05, 4.69) is 22.8 Å². The van der Waals surface area contributed by atoms with Crippen LogP contribution in [0.5, 0.6) is 11.5 Å². The second-order valence-electron chi connectivity index (χ2n) is 7.05. The summed E-state index contributed by atoms with van der Waals surface area (Å²) in [5, 5.41) is 6.48. The van der Waals surface area contributed by atoms with Crippen LogP contribution in [0.1, 0.15) is 24.0 Å². The first-order chi connectivity index (χ1) is 15.2. The maximum atomic E-state index is 11.9. The summed E-state index contributed by atoms with van der Waals surface area (Å²) in [5.74, 6) is 5.31.